The molecule has 0 bridgehead atoms. The molecule has 0 aromatic heterocycles. The summed E-state index contributed by atoms with van der Waals surface area (Å²) in [4.78, 5) is 6.89. The van der Waals surface area contributed by atoms with Gasteiger partial charge in [0.25, 0.3) is 0 Å². The van der Waals surface area contributed by atoms with Gasteiger partial charge in [-0.25, -0.2) is 0 Å². The lowest BCUT2D eigenvalue weighted by Gasteiger charge is -2.35. The van der Waals surface area contributed by atoms with Crippen LogP contribution in [0.1, 0.15) is 46.5 Å². The lowest BCUT2D eigenvalue weighted by molar-refractivity contribution is 0.0132. The van der Waals surface area contributed by atoms with Crippen molar-refractivity contribution in [3.63, 3.8) is 0 Å². The Labute approximate surface area is 160 Å². The molecule has 1 aliphatic rings. The van der Waals surface area contributed by atoms with Gasteiger partial charge in [0.05, 0.1) is 13.2 Å². The Hall–Kier alpha value is -0.0800. The smallest absolute Gasteiger partial charge is 0.191 e. The highest BCUT2D eigenvalue weighted by Gasteiger charge is 2.22. The summed E-state index contributed by atoms with van der Waals surface area (Å²) in [5, 5.41) is 6.92. The van der Waals surface area contributed by atoms with E-state index in [9.17, 15) is 0 Å². The van der Waals surface area contributed by atoms with Crippen LogP contribution in [0.15, 0.2) is 4.99 Å². The van der Waals surface area contributed by atoms with Crippen molar-refractivity contribution < 1.29 is 4.74 Å². The van der Waals surface area contributed by atoms with Crippen LogP contribution in [0.4, 0.5) is 0 Å². The van der Waals surface area contributed by atoms with Gasteiger partial charge < -0.3 is 15.4 Å². The molecule has 1 saturated heterocycles. The first-order chi connectivity index (χ1) is 10.7. The molecule has 1 atom stereocenters. The van der Waals surface area contributed by atoms with E-state index in [0.717, 1.165) is 45.4 Å². The van der Waals surface area contributed by atoms with Crippen LogP contribution < -0.4 is 10.6 Å². The third-order valence-corrected chi connectivity index (χ3v) is 4.11. The van der Waals surface area contributed by atoms with E-state index in [2.05, 4.69) is 41.3 Å². The predicted octanol–water partition coefficient (Wildman–Crippen LogP) is 2.71. The highest BCUT2D eigenvalue weighted by Crippen LogP contribution is 2.12. The zero-order chi connectivity index (χ0) is 16.2. The predicted molar refractivity (Wildman–Crippen MR) is 110 cm³/mol. The molecule has 0 radical (unpaired) electrons. The van der Waals surface area contributed by atoms with Crippen LogP contribution in [0.2, 0.25) is 0 Å². The molecule has 1 rings (SSSR count). The lowest BCUT2D eigenvalue weighted by Crippen LogP contribution is -2.51. The second-order valence-electron chi connectivity index (χ2n) is 6.52. The van der Waals surface area contributed by atoms with E-state index in [-0.39, 0.29) is 24.0 Å². The number of unbranched alkanes of at least 4 members (excludes halogenated alkanes) is 2. The maximum absolute atomic E-state index is 5.48. The summed E-state index contributed by atoms with van der Waals surface area (Å²) in [7, 11) is 1.85. The monoisotopic (exact) mass is 440 g/mol. The minimum absolute atomic E-state index is 0. The first-order valence-electron chi connectivity index (χ1n) is 8.93. The highest BCUT2D eigenvalue weighted by atomic mass is 127. The fourth-order valence-electron chi connectivity index (χ4n) is 2.87. The summed E-state index contributed by atoms with van der Waals surface area (Å²) in [6.07, 6.45) is 4.94. The molecule has 5 nitrogen and oxygen atoms in total. The van der Waals surface area contributed by atoms with Crippen molar-refractivity contribution in [1.82, 2.24) is 15.5 Å². The van der Waals surface area contributed by atoms with Gasteiger partial charge >= 0.3 is 0 Å². The molecule has 1 aliphatic heterocycles. The third-order valence-electron chi connectivity index (χ3n) is 4.11. The van der Waals surface area contributed by atoms with Crippen molar-refractivity contribution >= 4 is 29.9 Å². The molecule has 0 aromatic rings. The van der Waals surface area contributed by atoms with Crippen LogP contribution >= 0.6 is 24.0 Å². The zero-order valence-electron chi connectivity index (χ0n) is 15.4. The minimum atomic E-state index is 0. The number of guanidine groups is 1. The van der Waals surface area contributed by atoms with E-state index < -0.39 is 0 Å². The quantitative estimate of drug-likeness (QED) is 0.251. The van der Waals surface area contributed by atoms with Crippen molar-refractivity contribution in [2.45, 2.75) is 52.5 Å². The van der Waals surface area contributed by atoms with Crippen molar-refractivity contribution in [3.8, 4) is 0 Å². The van der Waals surface area contributed by atoms with Gasteiger partial charge in [-0.2, -0.15) is 0 Å². The van der Waals surface area contributed by atoms with E-state index in [0.29, 0.717) is 12.0 Å². The third kappa shape index (κ3) is 10.4. The number of nitrogens with one attached hydrogen (secondary N) is 2. The number of rotatable bonds is 9. The Bertz CT molecular complexity index is 307. The Morgan fingerprint density at radius 3 is 2.43 bits per heavy atom. The molecule has 138 valence electrons. The van der Waals surface area contributed by atoms with Gasteiger partial charge in [-0.3, -0.25) is 9.89 Å². The van der Waals surface area contributed by atoms with E-state index in [1.807, 2.05) is 7.05 Å². The molecule has 0 aromatic carbocycles. The minimum Gasteiger partial charge on any atom is -0.379 e. The van der Waals surface area contributed by atoms with Gasteiger partial charge in [-0.1, -0.05) is 33.6 Å². The Morgan fingerprint density at radius 2 is 1.87 bits per heavy atom. The fraction of sp³-hybridized carbons (Fsp3) is 0.941. The zero-order valence-corrected chi connectivity index (χ0v) is 17.8. The molecule has 0 aliphatic carbocycles. The molecular weight excluding hydrogens is 403 g/mol. The molecule has 0 amide bonds. The van der Waals surface area contributed by atoms with Crippen molar-refractivity contribution in [2.75, 3.05) is 46.4 Å². The Morgan fingerprint density at radius 1 is 1.17 bits per heavy atom. The first kappa shape index (κ1) is 22.9. The van der Waals surface area contributed by atoms with Gasteiger partial charge in [0, 0.05) is 39.3 Å². The first-order valence-corrected chi connectivity index (χ1v) is 8.93. The molecule has 6 heteroatoms. The number of hydrogen-bond acceptors (Lipinski definition) is 3. The van der Waals surface area contributed by atoms with Gasteiger partial charge in [-0.15, -0.1) is 24.0 Å². The summed E-state index contributed by atoms with van der Waals surface area (Å²) in [6.45, 7) is 12.6. The fourth-order valence-corrected chi connectivity index (χ4v) is 2.87. The summed E-state index contributed by atoms with van der Waals surface area (Å²) in [5.74, 6) is 1.63. The van der Waals surface area contributed by atoms with Crippen molar-refractivity contribution in [1.29, 1.82) is 0 Å². The van der Waals surface area contributed by atoms with Gasteiger partial charge in [0.2, 0.25) is 0 Å². The number of nitrogens with zero attached hydrogens (tertiary/aromatic N) is 2. The van der Waals surface area contributed by atoms with Gasteiger partial charge in [-0.05, 0) is 18.8 Å². The largest absolute Gasteiger partial charge is 0.379 e. The molecule has 1 heterocycles. The van der Waals surface area contributed by atoms with E-state index >= 15 is 0 Å². The summed E-state index contributed by atoms with van der Waals surface area (Å²) in [5.41, 5.74) is 0. The van der Waals surface area contributed by atoms with Crippen LogP contribution in [0.25, 0.3) is 0 Å². The van der Waals surface area contributed by atoms with Crippen LogP contribution in [-0.2, 0) is 4.74 Å². The summed E-state index contributed by atoms with van der Waals surface area (Å²) in [6, 6.07) is 0.554. The second-order valence-corrected chi connectivity index (χ2v) is 6.52. The van der Waals surface area contributed by atoms with Crippen molar-refractivity contribution in [3.05, 3.63) is 0 Å². The topological polar surface area (TPSA) is 48.9 Å². The van der Waals surface area contributed by atoms with Crippen LogP contribution in [-0.4, -0.2) is 63.3 Å². The second kappa shape index (κ2) is 14.3. The van der Waals surface area contributed by atoms with Crippen LogP contribution in [0, 0.1) is 5.92 Å². The van der Waals surface area contributed by atoms with Crippen molar-refractivity contribution in [2.24, 2.45) is 10.9 Å². The van der Waals surface area contributed by atoms with E-state index in [1.54, 1.807) is 0 Å². The molecule has 1 fully saturated rings. The normalized spacial score (nSPS) is 17.7. The maximum Gasteiger partial charge on any atom is 0.191 e. The average molecular weight is 440 g/mol. The average Bonchev–Trinajstić information content (AvgIpc) is 2.53. The number of aliphatic imine (C=N–C) groups is 1. The van der Waals surface area contributed by atoms with Crippen LogP contribution in [0.3, 0.4) is 0 Å². The molecule has 0 saturated carbocycles. The number of morpholine rings is 1. The summed E-state index contributed by atoms with van der Waals surface area (Å²) < 4.78 is 5.48. The SMILES string of the molecule is CCCCCNC(=NC)NCC(CC(C)C)N1CCOCC1.I. The van der Waals surface area contributed by atoms with Crippen LogP contribution in [0.5, 0.6) is 0 Å². The lowest BCUT2D eigenvalue weighted by atomic mass is 10.0. The molecule has 23 heavy (non-hydrogen) atoms. The van der Waals surface area contributed by atoms with E-state index in [1.165, 1.54) is 25.7 Å². The maximum atomic E-state index is 5.48. The summed E-state index contributed by atoms with van der Waals surface area (Å²) >= 11 is 0. The van der Waals surface area contributed by atoms with Gasteiger partial charge in [0.15, 0.2) is 5.96 Å². The Kier molecular flexibility index (Phi) is 14.2. The highest BCUT2D eigenvalue weighted by molar-refractivity contribution is 14.0. The number of ether oxygens (including phenoxy) is 1. The Balaban J connectivity index is 0.00000484. The molecular formula is C17H37IN4O. The van der Waals surface area contributed by atoms with E-state index in [4.69, 9.17) is 4.74 Å². The number of hydrogen-bond donors (Lipinski definition) is 2. The molecule has 0 spiro atoms. The molecule has 1 unspecified atom stereocenters. The standard InChI is InChI=1S/C17H36N4O.HI/c1-5-6-7-8-19-17(18-4)20-14-16(13-15(2)3)21-9-11-22-12-10-21;/h15-16H,5-14H2,1-4H3,(H2,18,19,20);1H. The number of halogens is 1. The molecule has 2 N–H and O–H groups in total. The van der Waals surface area contributed by atoms with Gasteiger partial charge in [0.1, 0.15) is 0 Å².